The van der Waals surface area contributed by atoms with Crippen LogP contribution in [0.25, 0.3) is 0 Å². The Morgan fingerprint density at radius 1 is 1.67 bits per heavy atom. The first-order valence-corrected chi connectivity index (χ1v) is 6.30. The lowest BCUT2D eigenvalue weighted by Gasteiger charge is -2.16. The third-order valence-electron chi connectivity index (χ3n) is 2.91. The van der Waals surface area contributed by atoms with Gasteiger partial charge in [0.1, 0.15) is 0 Å². The van der Waals surface area contributed by atoms with Crippen molar-refractivity contribution in [2.24, 2.45) is 5.92 Å². The normalized spacial score (nSPS) is 18.0. The van der Waals surface area contributed by atoms with Crippen LogP contribution < -0.4 is 5.32 Å². The van der Waals surface area contributed by atoms with Crippen LogP contribution in [0.2, 0.25) is 0 Å². The molecule has 3 nitrogen and oxygen atoms in total. The SMILES string of the molecule is COCC(NCc1scnc1C)C1CC1. The van der Waals surface area contributed by atoms with Crippen LogP contribution in [0.15, 0.2) is 5.51 Å². The predicted molar refractivity (Wildman–Crippen MR) is 62.1 cm³/mol. The number of aromatic nitrogens is 1. The topological polar surface area (TPSA) is 34.1 Å². The molecule has 0 amide bonds. The van der Waals surface area contributed by atoms with E-state index in [1.54, 1.807) is 18.4 Å². The van der Waals surface area contributed by atoms with Gasteiger partial charge in [-0.3, -0.25) is 0 Å². The highest BCUT2D eigenvalue weighted by atomic mass is 32.1. The molecule has 1 aromatic heterocycles. The quantitative estimate of drug-likeness (QED) is 0.805. The van der Waals surface area contributed by atoms with Gasteiger partial charge in [-0.15, -0.1) is 11.3 Å². The van der Waals surface area contributed by atoms with E-state index in [0.29, 0.717) is 6.04 Å². The highest BCUT2D eigenvalue weighted by Crippen LogP contribution is 2.33. The van der Waals surface area contributed by atoms with Gasteiger partial charge in [0, 0.05) is 24.6 Å². The van der Waals surface area contributed by atoms with Gasteiger partial charge in [-0.05, 0) is 25.7 Å². The van der Waals surface area contributed by atoms with Crippen LogP contribution in [0.4, 0.5) is 0 Å². The zero-order valence-electron chi connectivity index (χ0n) is 9.32. The fraction of sp³-hybridized carbons (Fsp3) is 0.727. The summed E-state index contributed by atoms with van der Waals surface area (Å²) in [6.45, 7) is 3.82. The molecule has 1 fully saturated rings. The number of methoxy groups -OCH3 is 1. The minimum Gasteiger partial charge on any atom is -0.383 e. The van der Waals surface area contributed by atoms with Crippen LogP contribution in [0, 0.1) is 12.8 Å². The second-order valence-electron chi connectivity index (χ2n) is 4.14. The Bertz CT molecular complexity index is 309. The van der Waals surface area contributed by atoms with Crippen LogP contribution in [0.5, 0.6) is 0 Å². The Morgan fingerprint density at radius 3 is 3.00 bits per heavy atom. The molecular weight excluding hydrogens is 208 g/mol. The minimum absolute atomic E-state index is 0.525. The fourth-order valence-corrected chi connectivity index (χ4v) is 2.49. The van der Waals surface area contributed by atoms with Crippen LogP contribution in [-0.4, -0.2) is 24.7 Å². The number of rotatable bonds is 6. The molecule has 0 saturated heterocycles. The molecule has 0 bridgehead atoms. The molecule has 0 aromatic carbocycles. The van der Waals surface area contributed by atoms with Gasteiger partial charge >= 0.3 is 0 Å². The van der Waals surface area contributed by atoms with Crippen LogP contribution in [-0.2, 0) is 11.3 Å². The molecule has 1 unspecified atom stereocenters. The Kier molecular flexibility index (Phi) is 3.72. The van der Waals surface area contributed by atoms with Gasteiger partial charge in [0.15, 0.2) is 0 Å². The first-order chi connectivity index (χ1) is 7.31. The zero-order chi connectivity index (χ0) is 10.7. The largest absolute Gasteiger partial charge is 0.383 e. The van der Waals surface area contributed by atoms with E-state index in [1.807, 2.05) is 5.51 Å². The molecule has 1 aromatic rings. The minimum atomic E-state index is 0.525. The van der Waals surface area contributed by atoms with Crippen molar-refractivity contribution in [1.82, 2.24) is 10.3 Å². The smallest absolute Gasteiger partial charge is 0.0798 e. The van der Waals surface area contributed by atoms with Gasteiger partial charge in [-0.25, -0.2) is 4.98 Å². The summed E-state index contributed by atoms with van der Waals surface area (Å²) in [5, 5.41) is 3.57. The molecule has 0 radical (unpaired) electrons. The number of hydrogen-bond acceptors (Lipinski definition) is 4. The molecule has 1 heterocycles. The lowest BCUT2D eigenvalue weighted by Crippen LogP contribution is -2.34. The van der Waals surface area contributed by atoms with Gasteiger partial charge in [0.2, 0.25) is 0 Å². The molecular formula is C11H18N2OS. The molecule has 1 atom stereocenters. The Morgan fingerprint density at radius 2 is 2.47 bits per heavy atom. The number of aryl methyl sites for hydroxylation is 1. The van der Waals surface area contributed by atoms with Crippen molar-refractivity contribution in [3.8, 4) is 0 Å². The Hall–Kier alpha value is -0.450. The summed E-state index contributed by atoms with van der Waals surface area (Å²) in [5.41, 5.74) is 3.06. The van der Waals surface area contributed by atoms with E-state index < -0.39 is 0 Å². The van der Waals surface area contributed by atoms with Crippen LogP contribution in [0.3, 0.4) is 0 Å². The van der Waals surface area contributed by atoms with Crippen molar-refractivity contribution in [3.63, 3.8) is 0 Å². The van der Waals surface area contributed by atoms with Crippen LogP contribution >= 0.6 is 11.3 Å². The lowest BCUT2D eigenvalue weighted by molar-refractivity contribution is 0.157. The highest BCUT2D eigenvalue weighted by Gasteiger charge is 2.30. The van der Waals surface area contributed by atoms with Crippen molar-refractivity contribution >= 4 is 11.3 Å². The maximum atomic E-state index is 5.23. The van der Waals surface area contributed by atoms with Crippen molar-refractivity contribution in [2.75, 3.05) is 13.7 Å². The highest BCUT2D eigenvalue weighted by molar-refractivity contribution is 7.09. The number of nitrogens with one attached hydrogen (secondary N) is 1. The van der Waals surface area contributed by atoms with E-state index in [9.17, 15) is 0 Å². The van der Waals surface area contributed by atoms with E-state index in [4.69, 9.17) is 4.74 Å². The molecule has 1 aliphatic carbocycles. The third kappa shape index (κ3) is 3.00. The summed E-state index contributed by atoms with van der Waals surface area (Å²) in [4.78, 5) is 5.59. The van der Waals surface area contributed by atoms with Crippen molar-refractivity contribution in [3.05, 3.63) is 16.1 Å². The molecule has 15 heavy (non-hydrogen) atoms. The summed E-state index contributed by atoms with van der Waals surface area (Å²) in [5.74, 6) is 0.832. The average molecular weight is 226 g/mol. The number of nitrogens with zero attached hydrogens (tertiary/aromatic N) is 1. The molecule has 1 N–H and O–H groups in total. The third-order valence-corrected chi connectivity index (χ3v) is 3.84. The van der Waals surface area contributed by atoms with E-state index in [1.165, 1.54) is 17.7 Å². The summed E-state index contributed by atoms with van der Waals surface area (Å²) >= 11 is 1.73. The van der Waals surface area contributed by atoms with Gasteiger partial charge < -0.3 is 10.1 Å². The van der Waals surface area contributed by atoms with E-state index in [0.717, 1.165) is 24.8 Å². The summed E-state index contributed by atoms with van der Waals surface area (Å²) in [7, 11) is 1.77. The molecule has 0 aliphatic heterocycles. The maximum Gasteiger partial charge on any atom is 0.0798 e. The van der Waals surface area contributed by atoms with Gasteiger partial charge in [-0.2, -0.15) is 0 Å². The number of ether oxygens (including phenoxy) is 1. The predicted octanol–water partition coefficient (Wildman–Crippen LogP) is 1.97. The van der Waals surface area contributed by atoms with E-state index >= 15 is 0 Å². The lowest BCUT2D eigenvalue weighted by atomic mass is 10.2. The van der Waals surface area contributed by atoms with E-state index in [2.05, 4.69) is 17.2 Å². The number of hydrogen-bond donors (Lipinski definition) is 1. The van der Waals surface area contributed by atoms with Crippen LogP contribution in [0.1, 0.15) is 23.4 Å². The van der Waals surface area contributed by atoms with Gasteiger partial charge in [0.05, 0.1) is 17.8 Å². The first-order valence-electron chi connectivity index (χ1n) is 5.42. The van der Waals surface area contributed by atoms with Crippen molar-refractivity contribution in [2.45, 2.75) is 32.4 Å². The van der Waals surface area contributed by atoms with Crippen molar-refractivity contribution < 1.29 is 4.74 Å². The molecule has 1 saturated carbocycles. The fourth-order valence-electron chi connectivity index (χ4n) is 1.76. The molecule has 1 aliphatic rings. The molecule has 0 spiro atoms. The second kappa shape index (κ2) is 5.05. The standard InChI is InChI=1S/C11H18N2OS/c1-8-11(15-7-13-8)5-12-10(6-14-2)9-3-4-9/h7,9-10,12H,3-6H2,1-2H3. The first kappa shape index (κ1) is 11.0. The number of thiazole rings is 1. The van der Waals surface area contributed by atoms with Gasteiger partial charge in [-0.1, -0.05) is 0 Å². The molecule has 84 valence electrons. The average Bonchev–Trinajstić information content (AvgIpc) is 2.98. The molecule has 4 heteroatoms. The van der Waals surface area contributed by atoms with Crippen molar-refractivity contribution in [1.29, 1.82) is 0 Å². The Labute approximate surface area is 94.9 Å². The summed E-state index contributed by atoms with van der Waals surface area (Å²) in [6.07, 6.45) is 2.70. The zero-order valence-corrected chi connectivity index (χ0v) is 10.1. The van der Waals surface area contributed by atoms with Gasteiger partial charge in [0.25, 0.3) is 0 Å². The summed E-state index contributed by atoms with van der Waals surface area (Å²) in [6, 6.07) is 0.525. The van der Waals surface area contributed by atoms with E-state index in [-0.39, 0.29) is 0 Å². The Balaban J connectivity index is 1.82. The maximum absolute atomic E-state index is 5.23. The molecule has 2 rings (SSSR count). The summed E-state index contributed by atoms with van der Waals surface area (Å²) < 4.78 is 5.23. The monoisotopic (exact) mass is 226 g/mol. The second-order valence-corrected chi connectivity index (χ2v) is 5.08.